The van der Waals surface area contributed by atoms with E-state index in [1.165, 1.54) is 11.3 Å². The maximum Gasteiger partial charge on any atom is 0.267 e. The van der Waals surface area contributed by atoms with Crippen molar-refractivity contribution in [3.05, 3.63) is 58.9 Å². The van der Waals surface area contributed by atoms with Gasteiger partial charge in [-0.2, -0.15) is 0 Å². The lowest BCUT2D eigenvalue weighted by molar-refractivity contribution is 0.0959. The molecule has 0 radical (unpaired) electrons. The molecule has 0 bridgehead atoms. The highest BCUT2D eigenvalue weighted by atomic mass is 32.1. The van der Waals surface area contributed by atoms with Gasteiger partial charge in [-0.3, -0.25) is 9.59 Å². The van der Waals surface area contributed by atoms with Crippen molar-refractivity contribution in [2.45, 2.75) is 6.92 Å². The SMILES string of the molecule is C#CCNC(=O)c1ccccc1NC(=O)c1sc(-c2ncccn2)nc1C. The Morgan fingerprint density at radius 1 is 1.15 bits per heavy atom. The van der Waals surface area contributed by atoms with Gasteiger partial charge >= 0.3 is 0 Å². The van der Waals surface area contributed by atoms with E-state index < -0.39 is 0 Å². The number of amides is 2. The van der Waals surface area contributed by atoms with E-state index in [0.29, 0.717) is 32.7 Å². The highest BCUT2D eigenvalue weighted by Gasteiger charge is 2.19. The van der Waals surface area contributed by atoms with Crippen LogP contribution in [0.2, 0.25) is 0 Å². The maximum absolute atomic E-state index is 12.7. The molecule has 0 aliphatic heterocycles. The molecule has 27 heavy (non-hydrogen) atoms. The van der Waals surface area contributed by atoms with Crippen LogP contribution < -0.4 is 10.6 Å². The zero-order valence-corrected chi connectivity index (χ0v) is 15.2. The van der Waals surface area contributed by atoms with Gasteiger partial charge in [0.1, 0.15) is 4.88 Å². The summed E-state index contributed by atoms with van der Waals surface area (Å²) in [6.45, 7) is 1.85. The van der Waals surface area contributed by atoms with Gasteiger partial charge in [-0.1, -0.05) is 18.1 Å². The molecule has 8 heteroatoms. The minimum absolute atomic E-state index is 0.107. The largest absolute Gasteiger partial charge is 0.341 e. The fourth-order valence-corrected chi connectivity index (χ4v) is 3.22. The van der Waals surface area contributed by atoms with Gasteiger partial charge in [-0.25, -0.2) is 15.0 Å². The van der Waals surface area contributed by atoms with Crippen LogP contribution in [0.25, 0.3) is 10.8 Å². The van der Waals surface area contributed by atoms with Gasteiger partial charge in [-0.15, -0.1) is 17.8 Å². The summed E-state index contributed by atoms with van der Waals surface area (Å²) in [5.41, 5.74) is 1.28. The van der Waals surface area contributed by atoms with Gasteiger partial charge in [0.15, 0.2) is 10.8 Å². The van der Waals surface area contributed by atoms with E-state index in [4.69, 9.17) is 6.42 Å². The van der Waals surface area contributed by atoms with Crippen molar-refractivity contribution in [1.82, 2.24) is 20.3 Å². The summed E-state index contributed by atoms with van der Waals surface area (Å²) in [6.07, 6.45) is 8.40. The topological polar surface area (TPSA) is 96.9 Å². The van der Waals surface area contributed by atoms with E-state index in [1.54, 1.807) is 49.6 Å². The first kappa shape index (κ1) is 18.2. The maximum atomic E-state index is 12.7. The predicted octanol–water partition coefficient (Wildman–Crippen LogP) is 2.52. The Kier molecular flexibility index (Phi) is 5.54. The summed E-state index contributed by atoms with van der Waals surface area (Å²) in [7, 11) is 0. The summed E-state index contributed by atoms with van der Waals surface area (Å²) >= 11 is 1.19. The molecule has 3 aromatic rings. The lowest BCUT2D eigenvalue weighted by Crippen LogP contribution is -2.25. The van der Waals surface area contributed by atoms with Gasteiger partial charge in [-0.05, 0) is 25.1 Å². The molecule has 3 rings (SSSR count). The number of aryl methyl sites for hydroxylation is 1. The molecule has 0 saturated heterocycles. The van der Waals surface area contributed by atoms with Crippen LogP contribution in [0.3, 0.4) is 0 Å². The quantitative estimate of drug-likeness (QED) is 0.666. The number of para-hydroxylation sites is 1. The number of nitrogens with zero attached hydrogens (tertiary/aromatic N) is 3. The van der Waals surface area contributed by atoms with E-state index in [-0.39, 0.29) is 18.4 Å². The molecule has 0 fully saturated rings. The van der Waals surface area contributed by atoms with Gasteiger partial charge in [0.2, 0.25) is 0 Å². The number of hydrogen-bond donors (Lipinski definition) is 2. The molecule has 1 aromatic carbocycles. The fourth-order valence-electron chi connectivity index (χ4n) is 2.31. The Labute approximate surface area is 159 Å². The summed E-state index contributed by atoms with van der Waals surface area (Å²) in [6, 6.07) is 8.42. The third kappa shape index (κ3) is 4.16. The molecule has 0 saturated carbocycles. The normalized spacial score (nSPS) is 10.1. The molecule has 2 aromatic heterocycles. The van der Waals surface area contributed by atoms with Gasteiger partial charge in [0.25, 0.3) is 11.8 Å². The van der Waals surface area contributed by atoms with Crippen molar-refractivity contribution in [1.29, 1.82) is 0 Å². The average Bonchev–Trinajstić information content (AvgIpc) is 3.09. The Morgan fingerprint density at radius 3 is 2.63 bits per heavy atom. The monoisotopic (exact) mass is 377 g/mol. The molecule has 134 valence electrons. The number of nitrogens with one attached hydrogen (secondary N) is 2. The number of anilines is 1. The molecular weight excluding hydrogens is 362 g/mol. The smallest absolute Gasteiger partial charge is 0.267 e. The lowest BCUT2D eigenvalue weighted by Gasteiger charge is -2.10. The Bertz CT molecular complexity index is 1020. The van der Waals surface area contributed by atoms with E-state index in [9.17, 15) is 9.59 Å². The molecule has 0 atom stereocenters. The summed E-state index contributed by atoms with van der Waals surface area (Å²) in [5, 5.41) is 5.91. The van der Waals surface area contributed by atoms with E-state index >= 15 is 0 Å². The second-order valence-electron chi connectivity index (χ2n) is 5.39. The zero-order valence-electron chi connectivity index (χ0n) is 14.4. The van der Waals surface area contributed by atoms with Crippen LogP contribution >= 0.6 is 11.3 Å². The Morgan fingerprint density at radius 2 is 1.89 bits per heavy atom. The number of terminal acetylenes is 1. The van der Waals surface area contributed by atoms with Crippen LogP contribution in [-0.4, -0.2) is 33.3 Å². The molecule has 0 spiro atoms. The van der Waals surface area contributed by atoms with Crippen LogP contribution in [0.4, 0.5) is 5.69 Å². The molecule has 0 unspecified atom stereocenters. The van der Waals surface area contributed by atoms with E-state index in [1.807, 2.05) is 0 Å². The van der Waals surface area contributed by atoms with Crippen molar-refractivity contribution >= 4 is 28.8 Å². The van der Waals surface area contributed by atoms with Crippen LogP contribution in [0.1, 0.15) is 25.7 Å². The number of thiazole rings is 1. The second-order valence-corrected chi connectivity index (χ2v) is 6.39. The second kappa shape index (κ2) is 8.21. The lowest BCUT2D eigenvalue weighted by atomic mass is 10.1. The number of rotatable bonds is 5. The highest BCUT2D eigenvalue weighted by molar-refractivity contribution is 7.17. The first-order valence-corrected chi connectivity index (χ1v) is 8.78. The van der Waals surface area contributed by atoms with Crippen LogP contribution in [0.15, 0.2) is 42.7 Å². The van der Waals surface area contributed by atoms with E-state index in [0.717, 1.165) is 0 Å². The third-order valence-electron chi connectivity index (χ3n) is 3.53. The fraction of sp³-hybridized carbons (Fsp3) is 0.105. The minimum Gasteiger partial charge on any atom is -0.341 e. The van der Waals surface area contributed by atoms with Gasteiger partial charge < -0.3 is 10.6 Å². The number of carbonyl (C=O) groups excluding carboxylic acids is 2. The predicted molar refractivity (Wildman–Crippen MR) is 103 cm³/mol. The number of benzene rings is 1. The molecule has 2 heterocycles. The summed E-state index contributed by atoms with van der Waals surface area (Å²) in [5.74, 6) is 2.08. The first-order chi connectivity index (χ1) is 13.1. The summed E-state index contributed by atoms with van der Waals surface area (Å²) in [4.78, 5) is 38.0. The summed E-state index contributed by atoms with van der Waals surface area (Å²) < 4.78 is 0. The molecular formula is C19H15N5O2S. The standard InChI is InChI=1S/C19H15N5O2S/c1-3-9-22-17(25)13-7-4-5-8-14(13)24-18(26)15-12(2)23-19(27-15)16-20-10-6-11-21-16/h1,4-8,10-11H,9H2,2H3,(H,22,25)(H,24,26). The molecule has 2 N–H and O–H groups in total. The zero-order chi connectivity index (χ0) is 19.2. The number of hydrogen-bond acceptors (Lipinski definition) is 6. The van der Waals surface area contributed by atoms with Crippen LogP contribution in [0.5, 0.6) is 0 Å². The van der Waals surface area contributed by atoms with Crippen molar-refractivity contribution < 1.29 is 9.59 Å². The Balaban J connectivity index is 1.84. The number of aromatic nitrogens is 3. The van der Waals surface area contributed by atoms with Gasteiger partial charge in [0, 0.05) is 12.4 Å². The number of carbonyl (C=O) groups is 2. The average molecular weight is 377 g/mol. The van der Waals surface area contributed by atoms with Gasteiger partial charge in [0.05, 0.1) is 23.5 Å². The molecule has 0 aliphatic carbocycles. The molecule has 7 nitrogen and oxygen atoms in total. The third-order valence-corrected chi connectivity index (χ3v) is 4.68. The van der Waals surface area contributed by atoms with Crippen LogP contribution in [-0.2, 0) is 0 Å². The first-order valence-electron chi connectivity index (χ1n) is 7.97. The van der Waals surface area contributed by atoms with Crippen molar-refractivity contribution in [2.75, 3.05) is 11.9 Å². The molecule has 0 aliphatic rings. The molecule has 2 amide bonds. The van der Waals surface area contributed by atoms with Crippen LogP contribution in [0, 0.1) is 19.3 Å². The highest BCUT2D eigenvalue weighted by Crippen LogP contribution is 2.26. The van der Waals surface area contributed by atoms with Crippen molar-refractivity contribution in [3.8, 4) is 23.2 Å². The minimum atomic E-state index is -0.358. The Hall–Kier alpha value is -3.57. The van der Waals surface area contributed by atoms with Crippen molar-refractivity contribution in [3.63, 3.8) is 0 Å². The van der Waals surface area contributed by atoms with E-state index in [2.05, 4.69) is 31.5 Å². The van der Waals surface area contributed by atoms with Crippen molar-refractivity contribution in [2.24, 2.45) is 0 Å².